The molecule has 2 nitrogen and oxygen atoms in total. The molecule has 0 atom stereocenters. The van der Waals surface area contributed by atoms with Gasteiger partial charge in [-0.25, -0.2) is 0 Å². The minimum Gasteiger partial charge on any atom is -1.00 e. The van der Waals surface area contributed by atoms with Gasteiger partial charge in [0.05, 0.1) is 0 Å². The quantitative estimate of drug-likeness (QED) is 0.224. The molecule has 4 rings (SSSR count). The van der Waals surface area contributed by atoms with Crippen LogP contribution in [-0.2, 0) is 35.4 Å². The summed E-state index contributed by atoms with van der Waals surface area (Å²) in [6.07, 6.45) is 8.80. The van der Waals surface area contributed by atoms with Crippen molar-refractivity contribution < 1.29 is 60.2 Å². The van der Waals surface area contributed by atoms with Crippen LogP contribution in [0.1, 0.15) is 31.4 Å². The van der Waals surface area contributed by atoms with E-state index in [0.717, 1.165) is 12.2 Å². The van der Waals surface area contributed by atoms with E-state index in [4.69, 9.17) is 9.16 Å². The predicted molar refractivity (Wildman–Crippen MR) is 118 cm³/mol. The molecule has 0 N–H and O–H groups in total. The molecule has 2 aliphatic rings. The second-order valence-electron chi connectivity index (χ2n) is 8.55. The third-order valence-corrected chi connectivity index (χ3v) is 6.10. The Hall–Kier alpha value is -0.900. The normalized spacial score (nSPS) is 13.3. The van der Waals surface area contributed by atoms with Gasteiger partial charge in [0, 0.05) is 0 Å². The summed E-state index contributed by atoms with van der Waals surface area (Å²) < 4.78 is 12.0. The van der Waals surface area contributed by atoms with Crippen LogP contribution in [0.4, 0.5) is 0 Å². The van der Waals surface area contributed by atoms with Gasteiger partial charge in [-0.1, -0.05) is 52.8 Å². The minimum absolute atomic E-state index is 0. The maximum atomic E-state index is 6.09. The van der Waals surface area contributed by atoms with Gasteiger partial charge in [-0.2, -0.15) is 0 Å². The first-order valence-corrected chi connectivity index (χ1v) is 13.3. The van der Waals surface area contributed by atoms with E-state index < -0.39 is 8.32 Å². The minimum atomic E-state index is -1.61. The van der Waals surface area contributed by atoms with Crippen molar-refractivity contribution in [1.29, 1.82) is 0 Å². The molecule has 0 fully saturated rings. The summed E-state index contributed by atoms with van der Waals surface area (Å²) in [6, 6.07) is 13.0. The Morgan fingerprint density at radius 3 is 2.39 bits per heavy atom. The number of hydrogen-bond acceptors (Lipinski definition) is 2. The van der Waals surface area contributed by atoms with E-state index in [1.165, 1.54) is 43.1 Å². The number of hydrogen-bond donors (Lipinski definition) is 0. The average molecular weight is 550 g/mol. The molecule has 0 saturated carbocycles. The fraction of sp³-hybridized carbons (Fsp3) is 0.280. The predicted octanol–water partition coefficient (Wildman–Crippen LogP) is -1.31. The Kier molecular flexibility index (Phi) is 10.3. The van der Waals surface area contributed by atoms with Crippen molar-refractivity contribution in [2.45, 2.75) is 39.9 Å². The molecule has 1 radical (unpaired) electrons. The maximum Gasteiger partial charge on any atom is 3.00 e. The summed E-state index contributed by atoms with van der Waals surface area (Å²) >= 11 is 0. The molecule has 2 aromatic rings. The Morgan fingerprint density at radius 2 is 1.71 bits per heavy atom. The molecule has 0 aliphatic heterocycles. The van der Waals surface area contributed by atoms with E-state index in [1.54, 1.807) is 0 Å². The van der Waals surface area contributed by atoms with E-state index in [1.807, 2.05) is 0 Å². The SMILES string of the molecule is CC(C)=c1ccc2c(c1C1=C(OCO[Si](C)(C)C)C=CC1)[C-]=c1ccccc1=2.[Cl-].[Cl-].[Zr+3]. The van der Waals surface area contributed by atoms with Crippen LogP contribution < -0.4 is 35.3 Å². The van der Waals surface area contributed by atoms with Gasteiger partial charge in [0.2, 0.25) is 0 Å². The molecular formula is C25H27Cl2O2SiZr. The molecule has 161 valence electrons. The zero-order chi connectivity index (χ0) is 19.9. The van der Waals surface area contributed by atoms with E-state index in [0.29, 0.717) is 6.79 Å². The molecule has 0 heterocycles. The van der Waals surface area contributed by atoms with Gasteiger partial charge < -0.3 is 34.0 Å². The third kappa shape index (κ3) is 5.92. The van der Waals surface area contributed by atoms with Crippen LogP contribution in [0.3, 0.4) is 0 Å². The second kappa shape index (κ2) is 11.3. The molecule has 0 amide bonds. The Balaban J connectivity index is 0.00000160. The molecule has 0 saturated heterocycles. The standard InChI is InChI=1S/C25H27O2Si.2ClH.Zr/c1-17(2)19-13-14-21-20-10-7-6-9-18(20)15-23(21)25(19)22-11-8-12-24(22)26-16-27-28(3,4)5;;;/h6-10,12-14H,11,16H2,1-5H3;2*1H;/q-1;;;+3/p-2. The number of benzene rings is 2. The smallest absolute Gasteiger partial charge is 1.00 e. The van der Waals surface area contributed by atoms with Gasteiger partial charge in [0.25, 0.3) is 0 Å². The first kappa shape index (κ1) is 28.1. The molecule has 2 aromatic carbocycles. The molecule has 0 unspecified atom stereocenters. The average Bonchev–Trinajstić information content (AvgIpc) is 3.23. The van der Waals surface area contributed by atoms with Crippen LogP contribution in [0, 0.1) is 10.4 Å². The van der Waals surface area contributed by atoms with Crippen molar-refractivity contribution in [3.8, 4) is 0 Å². The Morgan fingerprint density at radius 1 is 1.00 bits per heavy atom. The molecule has 0 aromatic heterocycles. The fourth-order valence-corrected chi connectivity index (χ4v) is 4.18. The van der Waals surface area contributed by atoms with Crippen LogP contribution >= 0.6 is 0 Å². The summed E-state index contributed by atoms with van der Waals surface area (Å²) in [5.74, 6) is 0.923. The summed E-state index contributed by atoms with van der Waals surface area (Å²) in [6.45, 7) is 11.2. The number of fused-ring (bicyclic) bond motifs is 2. The van der Waals surface area contributed by atoms with Crippen LogP contribution in [0.2, 0.25) is 19.6 Å². The van der Waals surface area contributed by atoms with E-state index in [2.05, 4.69) is 88.1 Å². The first-order chi connectivity index (χ1) is 13.3. The van der Waals surface area contributed by atoms with Crippen molar-refractivity contribution in [2.24, 2.45) is 0 Å². The van der Waals surface area contributed by atoms with Crippen LogP contribution in [0.5, 0.6) is 0 Å². The Labute approximate surface area is 217 Å². The summed E-state index contributed by atoms with van der Waals surface area (Å²) in [4.78, 5) is 0. The summed E-state index contributed by atoms with van der Waals surface area (Å²) in [5.41, 5.74) is 4.97. The van der Waals surface area contributed by atoms with Gasteiger partial charge >= 0.3 is 26.2 Å². The number of halogens is 2. The van der Waals surface area contributed by atoms with Crippen LogP contribution in [-0.4, -0.2) is 15.1 Å². The summed E-state index contributed by atoms with van der Waals surface area (Å²) in [5, 5.41) is 4.95. The zero-order valence-corrected chi connectivity index (χ0v) is 23.6. The van der Waals surface area contributed by atoms with Gasteiger partial charge in [-0.3, -0.25) is 0 Å². The fourth-order valence-electron chi connectivity index (χ4n) is 3.76. The molecule has 31 heavy (non-hydrogen) atoms. The van der Waals surface area contributed by atoms with Crippen molar-refractivity contribution in [3.05, 3.63) is 86.3 Å². The topological polar surface area (TPSA) is 18.5 Å². The molecule has 6 heteroatoms. The van der Waals surface area contributed by atoms with Crippen LogP contribution in [0.25, 0.3) is 17.2 Å². The zero-order valence-electron chi connectivity index (χ0n) is 18.6. The van der Waals surface area contributed by atoms with E-state index in [9.17, 15) is 0 Å². The van der Waals surface area contributed by atoms with Gasteiger partial charge in [-0.15, -0.1) is 33.4 Å². The van der Waals surface area contributed by atoms with Crippen molar-refractivity contribution in [3.63, 3.8) is 0 Å². The molecular weight excluding hydrogens is 522 g/mol. The second-order valence-corrected chi connectivity index (χ2v) is 13.1. The van der Waals surface area contributed by atoms with Crippen molar-refractivity contribution >= 4 is 25.5 Å². The van der Waals surface area contributed by atoms with E-state index >= 15 is 0 Å². The monoisotopic (exact) mass is 547 g/mol. The Bertz CT molecular complexity index is 1220. The number of ether oxygens (including phenoxy) is 1. The largest absolute Gasteiger partial charge is 3.00 e. The van der Waals surface area contributed by atoms with Crippen molar-refractivity contribution in [2.75, 3.05) is 6.79 Å². The third-order valence-electron chi connectivity index (χ3n) is 5.12. The summed E-state index contributed by atoms with van der Waals surface area (Å²) in [7, 11) is -1.61. The van der Waals surface area contributed by atoms with E-state index in [-0.39, 0.29) is 51.0 Å². The van der Waals surface area contributed by atoms with Gasteiger partial charge in [-0.05, 0) is 51.6 Å². The van der Waals surface area contributed by atoms with Crippen molar-refractivity contribution in [1.82, 2.24) is 0 Å². The van der Waals surface area contributed by atoms with Gasteiger partial charge in [0.15, 0.2) is 15.1 Å². The molecule has 0 bridgehead atoms. The van der Waals surface area contributed by atoms with Crippen LogP contribution in [0.15, 0.2) is 54.3 Å². The maximum absolute atomic E-state index is 6.09. The molecule has 0 spiro atoms. The number of rotatable bonds is 5. The molecule has 2 aliphatic carbocycles. The number of allylic oxidation sites excluding steroid dienone is 3. The first-order valence-electron chi connectivity index (χ1n) is 9.86. The van der Waals surface area contributed by atoms with Gasteiger partial charge in [0.1, 0.15) is 5.76 Å².